The molecular weight excluding hydrogens is 422 g/mol. The molecule has 1 heterocycles. The van der Waals surface area contributed by atoms with Crippen LogP contribution in [0.4, 0.5) is 8.78 Å². The molecule has 7 nitrogen and oxygen atoms in total. The number of para-hydroxylation sites is 2. The molecule has 3 aromatic rings. The molecule has 0 spiro atoms. The summed E-state index contributed by atoms with van der Waals surface area (Å²) in [6.45, 7) is 0.361. The monoisotopic (exact) mass is 446 g/mol. The van der Waals surface area contributed by atoms with Crippen LogP contribution in [0.5, 0.6) is 11.5 Å². The van der Waals surface area contributed by atoms with Crippen molar-refractivity contribution in [2.75, 3.05) is 13.7 Å². The predicted octanol–water partition coefficient (Wildman–Crippen LogP) is 5.11. The van der Waals surface area contributed by atoms with E-state index < -0.39 is 18.6 Å². The second-order valence-corrected chi connectivity index (χ2v) is 7.11. The van der Waals surface area contributed by atoms with Gasteiger partial charge in [0.05, 0.1) is 24.8 Å². The predicted molar refractivity (Wildman–Crippen MR) is 113 cm³/mol. The number of carbonyl (C=O) groups is 2. The number of aromatic nitrogens is 2. The lowest BCUT2D eigenvalue weighted by molar-refractivity contribution is -0.149. The minimum Gasteiger partial charge on any atom is -0.493 e. The number of halogens is 2. The lowest BCUT2D eigenvalue weighted by atomic mass is 10.1. The zero-order valence-electron chi connectivity index (χ0n) is 18.0. The third-order valence-electron chi connectivity index (χ3n) is 4.84. The first-order valence-corrected chi connectivity index (χ1v) is 10.1. The molecule has 0 fully saturated rings. The maximum Gasteiger partial charge on any atom is 0.320 e. The fraction of sp³-hybridized carbons (Fsp3) is 0.348. The van der Waals surface area contributed by atoms with E-state index in [-0.39, 0.29) is 30.2 Å². The van der Waals surface area contributed by atoms with Crippen molar-refractivity contribution in [2.24, 2.45) is 0 Å². The van der Waals surface area contributed by atoms with Crippen LogP contribution in [0.3, 0.4) is 0 Å². The van der Waals surface area contributed by atoms with Crippen LogP contribution in [0.2, 0.25) is 0 Å². The molecular formula is C23H24F2N2O5. The Morgan fingerprint density at radius 1 is 1.12 bits per heavy atom. The van der Waals surface area contributed by atoms with Crippen LogP contribution in [-0.2, 0) is 9.53 Å². The molecule has 1 aromatic heterocycles. The van der Waals surface area contributed by atoms with Crippen LogP contribution >= 0.6 is 0 Å². The molecule has 9 heteroatoms. The molecule has 2 aromatic carbocycles. The Labute approximate surface area is 183 Å². The second kappa shape index (κ2) is 10.2. The first kappa shape index (κ1) is 23.2. The van der Waals surface area contributed by atoms with Crippen LogP contribution in [-0.4, -0.2) is 35.0 Å². The second-order valence-electron chi connectivity index (χ2n) is 7.11. The number of nitrogens with zero attached hydrogens (tertiary/aromatic N) is 2. The number of esters is 1. The highest BCUT2D eigenvalue weighted by Crippen LogP contribution is 2.29. The number of ether oxygens (including phenoxy) is 3. The Kier molecular flexibility index (Phi) is 7.40. The van der Waals surface area contributed by atoms with Crippen molar-refractivity contribution < 1.29 is 32.6 Å². The topological polar surface area (TPSA) is 79.7 Å². The average molecular weight is 446 g/mol. The summed E-state index contributed by atoms with van der Waals surface area (Å²) in [5, 5.41) is 0. The normalized spacial score (nSPS) is 12.1. The van der Waals surface area contributed by atoms with Crippen LogP contribution < -0.4 is 9.47 Å². The highest BCUT2D eigenvalue weighted by molar-refractivity contribution is 5.94. The van der Waals surface area contributed by atoms with E-state index in [1.165, 1.54) is 21.0 Å². The first-order valence-electron chi connectivity index (χ1n) is 10.1. The van der Waals surface area contributed by atoms with E-state index in [2.05, 4.69) is 4.98 Å². The number of fused-ring (bicyclic) bond motifs is 1. The summed E-state index contributed by atoms with van der Waals surface area (Å²) >= 11 is 0. The smallest absolute Gasteiger partial charge is 0.320 e. The van der Waals surface area contributed by atoms with Gasteiger partial charge in [-0.25, -0.2) is 4.98 Å². The van der Waals surface area contributed by atoms with Gasteiger partial charge in [-0.3, -0.25) is 14.2 Å². The largest absolute Gasteiger partial charge is 0.493 e. The van der Waals surface area contributed by atoms with Crippen molar-refractivity contribution in [1.82, 2.24) is 9.55 Å². The van der Waals surface area contributed by atoms with Crippen molar-refractivity contribution in [3.05, 3.63) is 53.9 Å². The minimum atomic E-state index is -2.81. The summed E-state index contributed by atoms with van der Waals surface area (Å²) in [5.74, 6) is 0.214. The standard InChI is InChI=1S/C23H24F2N2O5/c1-14(28)16-10-11-19(20(13-16)30-3)31-12-6-9-21(29)32-15(2)22-26-17-7-4-5-8-18(17)27(22)23(24)25/h4-5,7-8,10-11,13,15,23H,6,9,12H2,1-3H3. The Bertz CT molecular complexity index is 1110. The highest BCUT2D eigenvalue weighted by Gasteiger charge is 2.24. The number of hydrogen-bond donors (Lipinski definition) is 0. The highest BCUT2D eigenvalue weighted by atomic mass is 19.3. The number of benzene rings is 2. The van der Waals surface area contributed by atoms with Gasteiger partial charge in [0.25, 0.3) is 0 Å². The molecule has 170 valence electrons. The molecule has 0 amide bonds. The Morgan fingerprint density at radius 3 is 2.56 bits per heavy atom. The van der Waals surface area contributed by atoms with Crippen molar-refractivity contribution in [1.29, 1.82) is 0 Å². The number of alkyl halides is 2. The molecule has 0 aliphatic carbocycles. The van der Waals surface area contributed by atoms with Crippen molar-refractivity contribution >= 4 is 22.8 Å². The summed E-state index contributed by atoms with van der Waals surface area (Å²) < 4.78 is 44.1. The van der Waals surface area contributed by atoms with Gasteiger partial charge in [-0.05, 0) is 50.6 Å². The molecule has 0 saturated heterocycles. The van der Waals surface area contributed by atoms with Crippen LogP contribution in [0.15, 0.2) is 42.5 Å². The van der Waals surface area contributed by atoms with E-state index in [0.29, 0.717) is 29.0 Å². The summed E-state index contributed by atoms with van der Waals surface area (Å²) in [6, 6.07) is 11.4. The van der Waals surface area contributed by atoms with Crippen molar-refractivity contribution in [3.63, 3.8) is 0 Å². The van der Waals surface area contributed by atoms with E-state index in [0.717, 1.165) is 4.57 Å². The van der Waals surface area contributed by atoms with Gasteiger partial charge in [0.2, 0.25) is 0 Å². The minimum absolute atomic E-state index is 0.0129. The molecule has 0 aliphatic rings. The van der Waals surface area contributed by atoms with Crippen LogP contribution in [0.25, 0.3) is 11.0 Å². The van der Waals surface area contributed by atoms with E-state index in [1.54, 1.807) is 42.5 Å². The van der Waals surface area contributed by atoms with Crippen LogP contribution in [0.1, 0.15) is 55.5 Å². The SMILES string of the molecule is COc1cc(C(C)=O)ccc1OCCCC(=O)OC(C)c1nc2ccccc2n1C(F)F. The van der Waals surface area contributed by atoms with Crippen molar-refractivity contribution in [3.8, 4) is 11.5 Å². The number of hydrogen-bond acceptors (Lipinski definition) is 6. The van der Waals surface area contributed by atoms with E-state index in [9.17, 15) is 18.4 Å². The zero-order valence-corrected chi connectivity index (χ0v) is 18.0. The van der Waals surface area contributed by atoms with Gasteiger partial charge < -0.3 is 14.2 Å². The molecule has 3 rings (SSSR count). The fourth-order valence-electron chi connectivity index (χ4n) is 3.27. The van der Waals surface area contributed by atoms with Gasteiger partial charge in [-0.15, -0.1) is 0 Å². The Balaban J connectivity index is 1.55. The summed E-state index contributed by atoms with van der Waals surface area (Å²) in [7, 11) is 1.47. The lowest BCUT2D eigenvalue weighted by Crippen LogP contribution is -2.15. The quantitative estimate of drug-likeness (QED) is 0.245. The summed E-state index contributed by atoms with van der Waals surface area (Å²) in [6.07, 6.45) is -0.564. The number of ketones is 1. The van der Waals surface area contributed by atoms with E-state index in [4.69, 9.17) is 14.2 Å². The molecule has 1 atom stereocenters. The number of methoxy groups -OCH3 is 1. The van der Waals surface area contributed by atoms with Gasteiger partial charge in [-0.2, -0.15) is 8.78 Å². The van der Waals surface area contributed by atoms with Gasteiger partial charge in [0.15, 0.2) is 29.2 Å². The molecule has 32 heavy (non-hydrogen) atoms. The molecule has 0 aliphatic heterocycles. The van der Waals surface area contributed by atoms with Gasteiger partial charge >= 0.3 is 12.5 Å². The Hall–Kier alpha value is -3.49. The third kappa shape index (κ3) is 5.22. The average Bonchev–Trinajstić information content (AvgIpc) is 3.16. The van der Waals surface area contributed by atoms with Crippen LogP contribution in [0, 0.1) is 0 Å². The number of Topliss-reactive ketones (excluding diaryl/α,β-unsaturated/α-hetero) is 1. The maximum atomic E-state index is 13.6. The number of imidazole rings is 1. The van der Waals surface area contributed by atoms with E-state index in [1.807, 2.05) is 0 Å². The lowest BCUT2D eigenvalue weighted by Gasteiger charge is -2.15. The van der Waals surface area contributed by atoms with Crippen molar-refractivity contribution in [2.45, 2.75) is 39.3 Å². The fourth-order valence-corrected chi connectivity index (χ4v) is 3.27. The molecule has 0 bridgehead atoms. The first-order chi connectivity index (χ1) is 15.3. The third-order valence-corrected chi connectivity index (χ3v) is 4.84. The maximum absolute atomic E-state index is 13.6. The molecule has 0 saturated carbocycles. The van der Waals surface area contributed by atoms with Gasteiger partial charge in [0, 0.05) is 12.0 Å². The Morgan fingerprint density at radius 2 is 1.88 bits per heavy atom. The summed E-state index contributed by atoms with van der Waals surface area (Å²) in [5.41, 5.74) is 1.18. The molecule has 1 unspecified atom stereocenters. The zero-order chi connectivity index (χ0) is 23.3. The van der Waals surface area contributed by atoms with Gasteiger partial charge in [0.1, 0.15) is 0 Å². The van der Waals surface area contributed by atoms with Gasteiger partial charge in [-0.1, -0.05) is 12.1 Å². The number of rotatable bonds is 10. The number of carbonyl (C=O) groups excluding carboxylic acids is 2. The molecule has 0 radical (unpaired) electrons. The molecule has 0 N–H and O–H groups in total. The summed E-state index contributed by atoms with van der Waals surface area (Å²) in [4.78, 5) is 27.9. The van der Waals surface area contributed by atoms with E-state index >= 15 is 0 Å².